The molecule has 0 radical (unpaired) electrons. The van der Waals surface area contributed by atoms with Crippen molar-refractivity contribution < 1.29 is 9.69 Å². The van der Waals surface area contributed by atoms with E-state index >= 15 is 0 Å². The first kappa shape index (κ1) is 17.4. The van der Waals surface area contributed by atoms with Crippen LogP contribution in [-0.2, 0) is 17.6 Å². The number of fused-ring (bicyclic) bond motifs is 1. The Hall–Kier alpha value is -1.38. The number of rotatable bonds is 3. The zero-order valence-corrected chi connectivity index (χ0v) is 15.8. The maximum atomic E-state index is 12.3. The summed E-state index contributed by atoms with van der Waals surface area (Å²) < 4.78 is 0. The Morgan fingerprint density at radius 3 is 2.71 bits per heavy atom. The molecule has 5 heteroatoms. The summed E-state index contributed by atoms with van der Waals surface area (Å²) in [4.78, 5) is 15.0. The minimum atomic E-state index is 0.0503. The predicted octanol–water partition coefficient (Wildman–Crippen LogP) is 2.39. The fourth-order valence-electron chi connectivity index (χ4n) is 3.98. The second-order valence-corrected chi connectivity index (χ2v) is 9.41. The molecule has 1 fully saturated rings. The van der Waals surface area contributed by atoms with Crippen molar-refractivity contribution in [3.05, 3.63) is 16.0 Å². The lowest BCUT2D eigenvalue weighted by atomic mass is 9.72. The van der Waals surface area contributed by atoms with Crippen LogP contribution in [-0.4, -0.2) is 25.5 Å². The molecule has 1 aromatic heterocycles. The number of amides is 1. The molecular weight excluding hydrogens is 318 g/mol. The summed E-state index contributed by atoms with van der Waals surface area (Å²) in [6.07, 6.45) is 5.56. The molecule has 1 atom stereocenters. The zero-order chi connectivity index (χ0) is 17.3. The fraction of sp³-hybridized carbons (Fsp3) is 0.684. The van der Waals surface area contributed by atoms with Crippen molar-refractivity contribution in [3.63, 3.8) is 0 Å². The van der Waals surface area contributed by atoms with Crippen LogP contribution in [0.1, 0.15) is 56.0 Å². The summed E-state index contributed by atoms with van der Waals surface area (Å²) >= 11 is 1.63. The molecule has 2 N–H and O–H groups in total. The van der Waals surface area contributed by atoms with E-state index < -0.39 is 0 Å². The number of anilines is 1. The minimum absolute atomic E-state index is 0.0503. The van der Waals surface area contributed by atoms with Crippen molar-refractivity contribution in [3.8, 4) is 6.07 Å². The normalized spacial score (nSPS) is 21.3. The number of hydrogen-bond acceptors (Lipinski definition) is 3. The maximum Gasteiger partial charge on any atom is 0.280 e. The van der Waals surface area contributed by atoms with Crippen LogP contribution in [0.25, 0.3) is 0 Å². The number of carbonyl (C=O) groups excluding carboxylic acids is 1. The molecule has 1 aromatic rings. The number of hydrogen-bond donors (Lipinski definition) is 2. The quantitative estimate of drug-likeness (QED) is 0.883. The van der Waals surface area contributed by atoms with Crippen LogP contribution in [0.2, 0.25) is 0 Å². The van der Waals surface area contributed by atoms with Gasteiger partial charge >= 0.3 is 0 Å². The molecule has 24 heavy (non-hydrogen) atoms. The topological polar surface area (TPSA) is 57.3 Å². The largest absolute Gasteiger partial charge is 0.327 e. The Bertz CT molecular complexity index is 659. The highest BCUT2D eigenvalue weighted by Crippen LogP contribution is 2.43. The molecule has 1 saturated heterocycles. The fourth-order valence-corrected chi connectivity index (χ4v) is 5.28. The zero-order valence-electron chi connectivity index (χ0n) is 15.0. The van der Waals surface area contributed by atoms with Crippen LogP contribution in [0.3, 0.4) is 0 Å². The van der Waals surface area contributed by atoms with Gasteiger partial charge in [-0.05, 0) is 36.2 Å². The third kappa shape index (κ3) is 3.65. The number of nitrogens with zero attached hydrogens (tertiary/aromatic N) is 1. The van der Waals surface area contributed by atoms with Gasteiger partial charge in [-0.1, -0.05) is 20.8 Å². The van der Waals surface area contributed by atoms with E-state index in [0.717, 1.165) is 37.4 Å². The Kier molecular flexibility index (Phi) is 4.98. The number of nitrogens with one attached hydrogen (secondary N) is 2. The first-order valence-electron chi connectivity index (χ1n) is 9.06. The van der Waals surface area contributed by atoms with Gasteiger partial charge in [0.05, 0.1) is 18.7 Å². The lowest BCUT2D eigenvalue weighted by Crippen LogP contribution is -3.11. The lowest BCUT2D eigenvalue weighted by Gasteiger charge is -2.33. The Morgan fingerprint density at radius 1 is 1.38 bits per heavy atom. The first-order valence-corrected chi connectivity index (χ1v) is 9.88. The number of thiophene rings is 1. The smallest absolute Gasteiger partial charge is 0.280 e. The molecule has 1 aliphatic heterocycles. The molecular formula is C19H28N3OS+. The van der Waals surface area contributed by atoms with Crippen LogP contribution in [0.4, 0.5) is 5.00 Å². The van der Waals surface area contributed by atoms with Gasteiger partial charge in [-0.3, -0.25) is 4.79 Å². The standard InChI is InChI=1S/C19H27N3OS/c1-19(2,3)13-6-7-14-15(11-20)18(24-16(14)10-13)21-17(23)12-22-8-4-5-9-22/h13H,4-10,12H2,1-3H3,(H,21,23)/p+1/t13-/m0/s1. The molecule has 0 saturated carbocycles. The summed E-state index contributed by atoms with van der Waals surface area (Å²) in [7, 11) is 0. The van der Waals surface area contributed by atoms with Crippen molar-refractivity contribution in [2.24, 2.45) is 11.3 Å². The third-order valence-corrected chi connectivity index (χ3v) is 6.75. The van der Waals surface area contributed by atoms with Gasteiger partial charge < -0.3 is 10.2 Å². The van der Waals surface area contributed by atoms with Gasteiger partial charge in [0.15, 0.2) is 6.54 Å². The maximum absolute atomic E-state index is 12.3. The van der Waals surface area contributed by atoms with E-state index in [1.165, 1.54) is 28.2 Å². The molecule has 0 bridgehead atoms. The van der Waals surface area contributed by atoms with E-state index in [1.54, 1.807) is 11.3 Å². The number of carbonyl (C=O) groups is 1. The highest BCUT2D eigenvalue weighted by Gasteiger charge is 2.32. The summed E-state index contributed by atoms with van der Waals surface area (Å²) in [6.45, 7) is 9.59. The number of quaternary nitrogens is 1. The molecule has 130 valence electrons. The van der Waals surface area contributed by atoms with Crippen molar-refractivity contribution in [1.82, 2.24) is 0 Å². The minimum Gasteiger partial charge on any atom is -0.327 e. The molecule has 0 spiro atoms. The molecule has 1 amide bonds. The predicted molar refractivity (Wildman–Crippen MR) is 97.4 cm³/mol. The number of nitriles is 1. The Labute approximate surface area is 148 Å². The molecule has 4 nitrogen and oxygen atoms in total. The van der Waals surface area contributed by atoms with Gasteiger partial charge in [-0.2, -0.15) is 5.26 Å². The lowest BCUT2D eigenvalue weighted by molar-refractivity contribution is -0.878. The Balaban J connectivity index is 1.74. The van der Waals surface area contributed by atoms with Gasteiger partial charge in [0.2, 0.25) is 0 Å². The van der Waals surface area contributed by atoms with E-state index in [1.807, 2.05) is 0 Å². The van der Waals surface area contributed by atoms with Gasteiger partial charge in [0, 0.05) is 17.7 Å². The summed E-state index contributed by atoms with van der Waals surface area (Å²) in [5.41, 5.74) is 2.19. The first-order chi connectivity index (χ1) is 11.4. The van der Waals surface area contributed by atoms with Crippen LogP contribution in [0, 0.1) is 22.7 Å². The van der Waals surface area contributed by atoms with Crippen LogP contribution >= 0.6 is 11.3 Å². The van der Waals surface area contributed by atoms with Crippen molar-refractivity contribution in [2.75, 3.05) is 25.0 Å². The van der Waals surface area contributed by atoms with E-state index in [9.17, 15) is 10.1 Å². The van der Waals surface area contributed by atoms with Gasteiger partial charge in [-0.15, -0.1) is 11.3 Å². The van der Waals surface area contributed by atoms with E-state index in [-0.39, 0.29) is 11.3 Å². The van der Waals surface area contributed by atoms with E-state index in [0.29, 0.717) is 18.0 Å². The van der Waals surface area contributed by atoms with Crippen molar-refractivity contribution in [1.29, 1.82) is 5.26 Å². The Morgan fingerprint density at radius 2 is 2.08 bits per heavy atom. The second kappa shape index (κ2) is 6.85. The average Bonchev–Trinajstić information content (AvgIpc) is 3.12. The molecule has 2 aliphatic rings. The third-order valence-electron chi connectivity index (χ3n) is 5.58. The highest BCUT2D eigenvalue weighted by atomic mass is 32.1. The molecule has 0 aromatic carbocycles. The monoisotopic (exact) mass is 346 g/mol. The van der Waals surface area contributed by atoms with Crippen molar-refractivity contribution >= 4 is 22.2 Å². The van der Waals surface area contributed by atoms with Crippen LogP contribution in [0.5, 0.6) is 0 Å². The van der Waals surface area contributed by atoms with Crippen LogP contribution < -0.4 is 10.2 Å². The summed E-state index contributed by atoms with van der Waals surface area (Å²) in [5.74, 6) is 0.696. The second-order valence-electron chi connectivity index (χ2n) is 8.31. The highest BCUT2D eigenvalue weighted by molar-refractivity contribution is 7.16. The van der Waals surface area contributed by atoms with Gasteiger partial charge in [0.25, 0.3) is 5.91 Å². The summed E-state index contributed by atoms with van der Waals surface area (Å²) in [6, 6.07) is 2.35. The van der Waals surface area contributed by atoms with E-state index in [4.69, 9.17) is 0 Å². The van der Waals surface area contributed by atoms with E-state index in [2.05, 4.69) is 32.2 Å². The number of likely N-dealkylation sites (tertiary alicyclic amines) is 1. The van der Waals surface area contributed by atoms with Gasteiger partial charge in [-0.25, -0.2) is 0 Å². The van der Waals surface area contributed by atoms with Crippen LogP contribution in [0.15, 0.2) is 0 Å². The molecule has 3 rings (SSSR count). The molecule has 2 heterocycles. The van der Waals surface area contributed by atoms with Crippen molar-refractivity contribution in [2.45, 2.75) is 52.9 Å². The summed E-state index contributed by atoms with van der Waals surface area (Å²) in [5, 5.41) is 13.4. The van der Waals surface area contributed by atoms with Gasteiger partial charge in [0.1, 0.15) is 11.1 Å². The average molecular weight is 347 g/mol. The molecule has 0 unspecified atom stereocenters. The molecule has 1 aliphatic carbocycles. The SMILES string of the molecule is CC(C)(C)[C@H]1CCc2c(sc(NC(=O)C[NH+]3CCCC3)c2C#N)C1.